The first-order valence-corrected chi connectivity index (χ1v) is 6.76. The third kappa shape index (κ3) is 3.88. The third-order valence-corrected chi connectivity index (χ3v) is 3.28. The summed E-state index contributed by atoms with van der Waals surface area (Å²) in [6.45, 7) is 0. The molecule has 9 heteroatoms. The number of anilines is 1. The number of phenolic OH excluding ortho intramolecular Hbond substituents is 1. The van der Waals surface area contributed by atoms with Crippen LogP contribution in [-0.2, 0) is 6.18 Å². The van der Waals surface area contributed by atoms with Crippen LogP contribution in [0.3, 0.4) is 0 Å². The lowest BCUT2D eigenvalue weighted by Gasteiger charge is -2.15. The van der Waals surface area contributed by atoms with Crippen LogP contribution in [0, 0.1) is 11.3 Å². The molecule has 0 aliphatic carbocycles. The predicted octanol–water partition coefficient (Wildman–Crippen LogP) is 3.69. The van der Waals surface area contributed by atoms with Gasteiger partial charge in [-0.1, -0.05) is 11.6 Å². The van der Waals surface area contributed by atoms with E-state index in [9.17, 15) is 23.1 Å². The number of carbonyl (C=O) groups excluding carboxylic acids is 1. The highest BCUT2D eigenvalue weighted by Gasteiger charge is 2.34. The number of alkyl halides is 3. The zero-order valence-corrected chi connectivity index (χ0v) is 12.5. The molecule has 0 radical (unpaired) electrons. The van der Waals surface area contributed by atoms with Crippen molar-refractivity contribution in [2.24, 2.45) is 0 Å². The van der Waals surface area contributed by atoms with Crippen molar-refractivity contribution in [3.63, 3.8) is 0 Å². The minimum atomic E-state index is -4.71. The molecule has 0 saturated heterocycles. The number of hydrogen-bond donors (Lipinski definition) is 3. The number of nitrogens with one attached hydrogen (secondary N) is 2. The van der Waals surface area contributed by atoms with E-state index in [1.165, 1.54) is 18.2 Å². The quantitative estimate of drug-likeness (QED) is 0.733. The first kappa shape index (κ1) is 17.4. The maximum Gasteiger partial charge on any atom is 0.418 e. The molecule has 0 saturated carbocycles. The van der Waals surface area contributed by atoms with E-state index >= 15 is 0 Å². The van der Waals surface area contributed by atoms with Crippen molar-refractivity contribution in [1.29, 1.82) is 5.26 Å². The Bertz CT molecular complexity index is 832. The summed E-state index contributed by atoms with van der Waals surface area (Å²) in [5.41, 5.74) is 2.63. The van der Waals surface area contributed by atoms with E-state index in [2.05, 4.69) is 10.9 Å². The van der Waals surface area contributed by atoms with Crippen LogP contribution in [0.5, 0.6) is 5.75 Å². The van der Waals surface area contributed by atoms with Crippen molar-refractivity contribution in [3.05, 3.63) is 58.1 Å². The van der Waals surface area contributed by atoms with Gasteiger partial charge in [-0.15, -0.1) is 0 Å². The number of phenols is 1. The van der Waals surface area contributed by atoms with Gasteiger partial charge in [-0.2, -0.15) is 18.4 Å². The van der Waals surface area contributed by atoms with Crippen molar-refractivity contribution < 1.29 is 23.1 Å². The lowest BCUT2D eigenvalue weighted by Crippen LogP contribution is -2.30. The minimum absolute atomic E-state index is 0.0347. The molecule has 5 nitrogen and oxygen atoms in total. The van der Waals surface area contributed by atoms with Gasteiger partial charge in [0, 0.05) is 5.56 Å². The molecule has 24 heavy (non-hydrogen) atoms. The summed E-state index contributed by atoms with van der Waals surface area (Å²) >= 11 is 5.66. The van der Waals surface area contributed by atoms with E-state index in [0.29, 0.717) is 6.07 Å². The molecule has 0 bridgehead atoms. The largest absolute Gasteiger partial charge is 0.506 e. The first-order valence-electron chi connectivity index (χ1n) is 6.38. The Hall–Kier alpha value is -2.92. The molecule has 0 heterocycles. The smallest absolute Gasteiger partial charge is 0.418 e. The molecule has 0 unspecified atom stereocenters. The fourth-order valence-electron chi connectivity index (χ4n) is 1.80. The Kier molecular flexibility index (Phi) is 4.85. The first-order chi connectivity index (χ1) is 11.2. The van der Waals surface area contributed by atoms with Gasteiger partial charge >= 0.3 is 6.18 Å². The van der Waals surface area contributed by atoms with Crippen LogP contribution in [0.15, 0.2) is 36.4 Å². The second kappa shape index (κ2) is 6.68. The zero-order chi connectivity index (χ0) is 17.9. The van der Waals surface area contributed by atoms with Crippen LogP contribution < -0.4 is 10.9 Å². The van der Waals surface area contributed by atoms with Crippen LogP contribution in [0.2, 0.25) is 5.02 Å². The van der Waals surface area contributed by atoms with Gasteiger partial charge in [0.1, 0.15) is 5.75 Å². The van der Waals surface area contributed by atoms with Crippen molar-refractivity contribution in [2.75, 3.05) is 5.43 Å². The predicted molar refractivity (Wildman–Crippen MR) is 80.4 cm³/mol. The highest BCUT2D eigenvalue weighted by atomic mass is 35.5. The van der Waals surface area contributed by atoms with E-state index in [0.717, 1.165) is 12.1 Å². The standard InChI is InChI=1S/C15H9ClF3N3O2/c16-11-6-9(2-4-13(11)23)14(24)22-21-12-3-1-8(7-20)5-10(12)15(17,18)19/h1-6,21,23H,(H,22,24). The van der Waals surface area contributed by atoms with Gasteiger partial charge in [-0.3, -0.25) is 15.6 Å². The molecular weight excluding hydrogens is 347 g/mol. The number of hydrogen-bond acceptors (Lipinski definition) is 4. The van der Waals surface area contributed by atoms with Gasteiger partial charge < -0.3 is 5.11 Å². The summed E-state index contributed by atoms with van der Waals surface area (Å²) < 4.78 is 39.0. The van der Waals surface area contributed by atoms with Crippen molar-refractivity contribution in [2.45, 2.75) is 6.18 Å². The van der Waals surface area contributed by atoms with E-state index in [1.54, 1.807) is 6.07 Å². The average molecular weight is 356 g/mol. The molecule has 2 aromatic rings. The monoisotopic (exact) mass is 355 g/mol. The van der Waals surface area contributed by atoms with Gasteiger partial charge in [0.25, 0.3) is 5.91 Å². The molecule has 0 aliphatic rings. The van der Waals surface area contributed by atoms with E-state index in [4.69, 9.17) is 16.9 Å². The fourth-order valence-corrected chi connectivity index (χ4v) is 1.98. The summed E-state index contributed by atoms with van der Waals surface area (Å²) in [6, 6.07) is 8.10. The normalized spacial score (nSPS) is 10.8. The van der Waals surface area contributed by atoms with E-state index in [1.807, 2.05) is 0 Å². The molecule has 3 N–H and O–H groups in total. The molecule has 0 aliphatic heterocycles. The topological polar surface area (TPSA) is 85.2 Å². The number of amides is 1. The molecular formula is C15H9ClF3N3O2. The summed E-state index contributed by atoms with van der Waals surface area (Å²) in [4.78, 5) is 11.9. The Balaban J connectivity index is 2.21. The number of benzene rings is 2. The SMILES string of the molecule is N#Cc1ccc(NNC(=O)c2ccc(O)c(Cl)c2)c(C(F)(F)F)c1. The van der Waals surface area contributed by atoms with Gasteiger partial charge in [0.05, 0.1) is 27.9 Å². The highest BCUT2D eigenvalue weighted by Crippen LogP contribution is 2.35. The number of nitrogens with zero attached hydrogens (tertiary/aromatic N) is 1. The van der Waals surface area contributed by atoms with Crippen LogP contribution >= 0.6 is 11.6 Å². The maximum atomic E-state index is 13.0. The fraction of sp³-hybridized carbons (Fsp3) is 0.0667. The zero-order valence-electron chi connectivity index (χ0n) is 11.8. The maximum absolute atomic E-state index is 13.0. The number of hydrazine groups is 1. The summed E-state index contributed by atoms with van der Waals surface area (Å²) in [5.74, 6) is -0.984. The summed E-state index contributed by atoms with van der Waals surface area (Å²) in [5, 5.41) is 17.9. The second-order valence-electron chi connectivity index (χ2n) is 4.62. The van der Waals surface area contributed by atoms with Crippen LogP contribution in [0.25, 0.3) is 0 Å². The van der Waals surface area contributed by atoms with Crippen LogP contribution in [0.1, 0.15) is 21.5 Å². The van der Waals surface area contributed by atoms with Gasteiger partial charge in [-0.05, 0) is 36.4 Å². The molecule has 2 aromatic carbocycles. The van der Waals surface area contributed by atoms with Crippen LogP contribution in [0.4, 0.5) is 18.9 Å². The second-order valence-corrected chi connectivity index (χ2v) is 5.02. The van der Waals surface area contributed by atoms with Crippen molar-refractivity contribution in [1.82, 2.24) is 5.43 Å². The number of rotatable bonds is 3. The number of carbonyl (C=O) groups is 1. The Morgan fingerprint density at radius 2 is 1.92 bits per heavy atom. The van der Waals surface area contributed by atoms with E-state index < -0.39 is 23.3 Å². The van der Waals surface area contributed by atoms with Crippen LogP contribution in [-0.4, -0.2) is 11.0 Å². The van der Waals surface area contributed by atoms with Gasteiger partial charge in [-0.25, -0.2) is 0 Å². The summed E-state index contributed by atoms with van der Waals surface area (Å²) in [6.07, 6.45) is -4.71. The number of aromatic hydroxyl groups is 1. The Morgan fingerprint density at radius 3 is 2.50 bits per heavy atom. The van der Waals surface area contributed by atoms with Crippen molar-refractivity contribution >= 4 is 23.2 Å². The molecule has 0 spiro atoms. The summed E-state index contributed by atoms with van der Waals surface area (Å²) in [7, 11) is 0. The molecule has 0 atom stereocenters. The Labute approximate surface area is 139 Å². The molecule has 2 rings (SSSR count). The Morgan fingerprint density at radius 1 is 1.21 bits per heavy atom. The number of nitriles is 1. The molecule has 124 valence electrons. The van der Waals surface area contributed by atoms with Gasteiger partial charge in [0.15, 0.2) is 0 Å². The molecule has 1 amide bonds. The van der Waals surface area contributed by atoms with Crippen molar-refractivity contribution in [3.8, 4) is 11.8 Å². The highest BCUT2D eigenvalue weighted by molar-refractivity contribution is 6.32. The number of halogens is 4. The van der Waals surface area contributed by atoms with E-state index in [-0.39, 0.29) is 21.9 Å². The minimum Gasteiger partial charge on any atom is -0.506 e. The average Bonchev–Trinajstić information content (AvgIpc) is 2.54. The molecule has 0 aromatic heterocycles. The molecule has 0 fully saturated rings. The third-order valence-electron chi connectivity index (χ3n) is 2.97. The lowest BCUT2D eigenvalue weighted by atomic mass is 10.1. The van der Waals surface area contributed by atoms with Gasteiger partial charge in [0.2, 0.25) is 0 Å². The lowest BCUT2D eigenvalue weighted by molar-refractivity contribution is -0.137.